The van der Waals surface area contributed by atoms with Crippen LogP contribution < -0.4 is 15.1 Å². The summed E-state index contributed by atoms with van der Waals surface area (Å²) in [6.45, 7) is 7.47. The molecule has 0 unspecified atom stereocenters. The molecule has 1 aliphatic heterocycles. The zero-order chi connectivity index (χ0) is 23.9. The van der Waals surface area contributed by atoms with Gasteiger partial charge in [0.25, 0.3) is 0 Å². The van der Waals surface area contributed by atoms with E-state index in [1.165, 1.54) is 0 Å². The molecule has 176 valence electrons. The lowest BCUT2D eigenvalue weighted by atomic mass is 9.75. The Hall–Kier alpha value is -2.83. The van der Waals surface area contributed by atoms with Crippen LogP contribution in [0.1, 0.15) is 36.3 Å². The molecule has 3 aromatic rings. The second-order valence-electron chi connectivity index (χ2n) is 9.72. The molecule has 0 atom stereocenters. The number of halogens is 2. The highest BCUT2D eigenvalue weighted by molar-refractivity contribution is 6.31. The molecule has 1 fully saturated rings. The summed E-state index contributed by atoms with van der Waals surface area (Å²) >= 11 is 12.2. The van der Waals surface area contributed by atoms with Gasteiger partial charge in [0.05, 0.1) is 11.3 Å². The molecule has 34 heavy (non-hydrogen) atoms. The van der Waals surface area contributed by atoms with Crippen LogP contribution in [0.4, 0.5) is 23.1 Å². The number of nitrogens with zero attached hydrogens (tertiary/aromatic N) is 4. The lowest BCUT2D eigenvalue weighted by Crippen LogP contribution is -2.47. The average Bonchev–Trinajstić information content (AvgIpc) is 2.79. The maximum Gasteiger partial charge on any atom is 0.227 e. The Morgan fingerprint density at radius 1 is 0.882 bits per heavy atom. The fraction of sp³-hybridized carbons (Fsp3) is 0.346. The van der Waals surface area contributed by atoms with Crippen LogP contribution in [0.5, 0.6) is 0 Å². The summed E-state index contributed by atoms with van der Waals surface area (Å²) in [4.78, 5) is 27.4. The van der Waals surface area contributed by atoms with Gasteiger partial charge in [-0.05, 0) is 54.3 Å². The number of aromatic nitrogens is 2. The zero-order valence-electron chi connectivity index (χ0n) is 19.3. The van der Waals surface area contributed by atoms with E-state index in [1.807, 2.05) is 42.5 Å². The largest absolute Gasteiger partial charge is 0.368 e. The molecule has 0 spiro atoms. The number of benzene rings is 2. The molecule has 2 aromatic carbocycles. The molecule has 6 nitrogen and oxygen atoms in total. The van der Waals surface area contributed by atoms with Crippen LogP contribution in [0.25, 0.3) is 0 Å². The summed E-state index contributed by atoms with van der Waals surface area (Å²) in [6.07, 6.45) is 1.22. The van der Waals surface area contributed by atoms with Crippen molar-refractivity contribution >= 4 is 52.1 Å². The van der Waals surface area contributed by atoms with Gasteiger partial charge in [0, 0.05) is 54.0 Å². The molecule has 1 saturated heterocycles. The first-order valence-corrected chi connectivity index (χ1v) is 12.3. The highest BCUT2D eigenvalue weighted by atomic mass is 35.5. The van der Waals surface area contributed by atoms with Crippen molar-refractivity contribution in [3.63, 3.8) is 0 Å². The number of piperazine rings is 1. The monoisotopic (exact) mass is 495 g/mol. The Bertz CT molecular complexity index is 1220. The lowest BCUT2D eigenvalue weighted by molar-refractivity contribution is 0.0911. The van der Waals surface area contributed by atoms with E-state index in [0.717, 1.165) is 54.7 Å². The quantitative estimate of drug-likeness (QED) is 0.478. The molecule has 2 heterocycles. The topological polar surface area (TPSA) is 61.4 Å². The van der Waals surface area contributed by atoms with E-state index in [4.69, 9.17) is 33.2 Å². The van der Waals surface area contributed by atoms with Gasteiger partial charge < -0.3 is 15.1 Å². The van der Waals surface area contributed by atoms with Crippen LogP contribution >= 0.6 is 23.2 Å². The third-order valence-electron chi connectivity index (χ3n) is 6.38. The van der Waals surface area contributed by atoms with E-state index in [0.29, 0.717) is 28.8 Å². The highest BCUT2D eigenvalue weighted by Crippen LogP contribution is 2.38. The molecule has 2 aliphatic rings. The molecule has 0 bridgehead atoms. The number of hydrogen-bond donors (Lipinski definition) is 1. The molecule has 0 amide bonds. The Morgan fingerprint density at radius 2 is 1.59 bits per heavy atom. The number of Topliss-reactive ketones (excluding diaryl/α,β-unsaturated/α-hetero) is 1. The minimum absolute atomic E-state index is 0.0834. The van der Waals surface area contributed by atoms with Crippen LogP contribution in [-0.4, -0.2) is 41.9 Å². The number of ketones is 1. The Balaban J connectivity index is 1.44. The smallest absolute Gasteiger partial charge is 0.227 e. The van der Waals surface area contributed by atoms with Gasteiger partial charge in [-0.1, -0.05) is 43.1 Å². The zero-order valence-corrected chi connectivity index (χ0v) is 20.8. The van der Waals surface area contributed by atoms with Gasteiger partial charge in [-0.15, -0.1) is 0 Å². The summed E-state index contributed by atoms with van der Waals surface area (Å²) in [5, 5.41) is 4.75. The Morgan fingerprint density at radius 3 is 2.29 bits per heavy atom. The van der Waals surface area contributed by atoms with E-state index in [1.54, 1.807) is 0 Å². The van der Waals surface area contributed by atoms with E-state index in [9.17, 15) is 4.79 Å². The van der Waals surface area contributed by atoms with Crippen molar-refractivity contribution in [1.29, 1.82) is 0 Å². The second kappa shape index (κ2) is 9.08. The van der Waals surface area contributed by atoms with Crippen LogP contribution in [0.3, 0.4) is 0 Å². The van der Waals surface area contributed by atoms with Crippen molar-refractivity contribution in [3.05, 3.63) is 69.8 Å². The number of rotatable bonds is 4. The summed E-state index contributed by atoms with van der Waals surface area (Å²) in [7, 11) is 0. The van der Waals surface area contributed by atoms with Crippen molar-refractivity contribution in [3.8, 4) is 0 Å². The van der Waals surface area contributed by atoms with Crippen molar-refractivity contribution in [1.82, 2.24) is 9.97 Å². The minimum Gasteiger partial charge on any atom is -0.368 e. The van der Waals surface area contributed by atoms with Gasteiger partial charge >= 0.3 is 0 Å². The third kappa shape index (κ3) is 4.84. The number of hydrogen-bond acceptors (Lipinski definition) is 6. The third-order valence-corrected chi connectivity index (χ3v) is 6.87. The molecule has 1 aromatic heterocycles. The number of anilines is 4. The fourth-order valence-corrected chi connectivity index (χ4v) is 5.00. The molecule has 0 saturated carbocycles. The van der Waals surface area contributed by atoms with Crippen molar-refractivity contribution in [2.75, 3.05) is 41.3 Å². The second-order valence-corrected chi connectivity index (χ2v) is 10.6. The highest BCUT2D eigenvalue weighted by Gasteiger charge is 2.35. The summed E-state index contributed by atoms with van der Waals surface area (Å²) < 4.78 is 0. The standard InChI is InChI=1S/C26H27Cl2N5O/c1-26(2)15-21-23(22(34)16-26)24(29-19-8-6-17(27)7-9-19)31-25(30-21)33-12-10-32(11-13-33)20-5-3-4-18(28)14-20/h3-9,14H,10-13,15-16H2,1-2H3,(H,29,30,31). The van der Waals surface area contributed by atoms with Crippen molar-refractivity contribution in [2.24, 2.45) is 5.41 Å². The molecule has 8 heteroatoms. The first-order chi connectivity index (χ1) is 16.3. The molecule has 1 aliphatic carbocycles. The van der Waals surface area contributed by atoms with Crippen molar-refractivity contribution in [2.45, 2.75) is 26.7 Å². The summed E-state index contributed by atoms with van der Waals surface area (Å²) in [5.41, 5.74) is 3.25. The van der Waals surface area contributed by atoms with Crippen LogP contribution in [0, 0.1) is 5.41 Å². The average molecular weight is 496 g/mol. The number of carbonyl (C=O) groups is 1. The predicted octanol–water partition coefficient (Wildman–Crippen LogP) is 6.01. The first-order valence-electron chi connectivity index (χ1n) is 11.5. The molecular weight excluding hydrogens is 469 g/mol. The van der Waals surface area contributed by atoms with Gasteiger partial charge in [0.15, 0.2) is 5.78 Å². The van der Waals surface area contributed by atoms with Crippen molar-refractivity contribution < 1.29 is 4.79 Å². The van der Waals surface area contributed by atoms with Crippen LogP contribution in [-0.2, 0) is 6.42 Å². The van der Waals surface area contributed by atoms with E-state index < -0.39 is 0 Å². The maximum absolute atomic E-state index is 13.1. The predicted molar refractivity (Wildman–Crippen MR) is 139 cm³/mol. The number of carbonyl (C=O) groups excluding carboxylic acids is 1. The summed E-state index contributed by atoms with van der Waals surface area (Å²) in [5.74, 6) is 1.31. The van der Waals surface area contributed by atoms with E-state index >= 15 is 0 Å². The molecule has 1 N–H and O–H groups in total. The number of nitrogens with one attached hydrogen (secondary N) is 1. The van der Waals surface area contributed by atoms with Crippen LogP contribution in [0.2, 0.25) is 10.0 Å². The van der Waals surface area contributed by atoms with Gasteiger partial charge in [-0.25, -0.2) is 4.98 Å². The van der Waals surface area contributed by atoms with Gasteiger partial charge in [0.1, 0.15) is 5.82 Å². The Labute approximate surface area is 209 Å². The molecule has 5 rings (SSSR count). The molecule has 0 radical (unpaired) electrons. The van der Waals surface area contributed by atoms with Gasteiger partial charge in [0.2, 0.25) is 5.95 Å². The first kappa shape index (κ1) is 22.9. The lowest BCUT2D eigenvalue weighted by Gasteiger charge is -2.37. The maximum atomic E-state index is 13.1. The van der Waals surface area contributed by atoms with E-state index in [-0.39, 0.29) is 11.2 Å². The van der Waals surface area contributed by atoms with Crippen LogP contribution in [0.15, 0.2) is 48.5 Å². The number of fused-ring (bicyclic) bond motifs is 1. The van der Waals surface area contributed by atoms with Gasteiger partial charge in [-0.2, -0.15) is 4.98 Å². The van der Waals surface area contributed by atoms with Gasteiger partial charge in [-0.3, -0.25) is 4.79 Å². The Kier molecular flexibility index (Phi) is 6.13. The van der Waals surface area contributed by atoms with E-state index in [2.05, 4.69) is 35.0 Å². The SMILES string of the molecule is CC1(C)CC(=O)c2c(nc(N3CCN(c4cccc(Cl)c4)CC3)nc2Nc2ccc(Cl)cc2)C1. The fourth-order valence-electron chi connectivity index (χ4n) is 4.69. The minimum atomic E-state index is -0.126. The normalized spacial score (nSPS) is 17.5. The molecular formula is C26H27Cl2N5O. The summed E-state index contributed by atoms with van der Waals surface area (Å²) in [6, 6.07) is 15.4.